The van der Waals surface area contributed by atoms with Gasteiger partial charge in [-0.05, 0) is 52.2 Å². The van der Waals surface area contributed by atoms with Gasteiger partial charge in [0, 0.05) is 17.9 Å². The Hall–Kier alpha value is -3.02. The maximum Gasteiger partial charge on any atom is 0.283 e. The third-order valence-electron chi connectivity index (χ3n) is 6.86. The molecule has 198 valence electrons. The number of hydrogen-bond acceptors (Lipinski definition) is 8. The number of para-hydroxylation sites is 1. The second-order valence-electron chi connectivity index (χ2n) is 10.6. The molecule has 3 heterocycles. The molecule has 11 heteroatoms. The normalized spacial score (nSPS) is 18.9. The lowest BCUT2D eigenvalue weighted by Crippen LogP contribution is -2.42. The first-order valence-corrected chi connectivity index (χ1v) is 14.1. The van der Waals surface area contributed by atoms with Crippen LogP contribution in [0.5, 0.6) is 5.75 Å². The number of nitrogens with one attached hydrogen (secondary N) is 1. The topological polar surface area (TPSA) is 122 Å². The summed E-state index contributed by atoms with van der Waals surface area (Å²) in [5.74, 6) is 0.0248. The summed E-state index contributed by atoms with van der Waals surface area (Å²) in [6, 6.07) is 11.1. The van der Waals surface area contributed by atoms with Gasteiger partial charge in [0.25, 0.3) is 5.91 Å². The predicted octanol–water partition coefficient (Wildman–Crippen LogP) is 3.89. The van der Waals surface area contributed by atoms with Gasteiger partial charge >= 0.3 is 0 Å². The fraction of sp³-hybridized carbons (Fsp3) is 0.500. The Kier molecular flexibility index (Phi) is 6.95. The molecule has 2 fully saturated rings. The Morgan fingerprint density at radius 1 is 1.16 bits per heavy atom. The Balaban J connectivity index is 1.62. The van der Waals surface area contributed by atoms with Gasteiger partial charge in [-0.3, -0.25) is 4.79 Å². The first kappa shape index (κ1) is 25.6. The van der Waals surface area contributed by atoms with Crippen LogP contribution in [0.2, 0.25) is 0 Å². The van der Waals surface area contributed by atoms with E-state index in [0.29, 0.717) is 31.2 Å². The minimum absolute atomic E-state index is 0.0595. The summed E-state index contributed by atoms with van der Waals surface area (Å²) >= 11 is 0. The zero-order valence-corrected chi connectivity index (χ0v) is 22.1. The monoisotopic (exact) mass is 528 g/mol. The summed E-state index contributed by atoms with van der Waals surface area (Å²) < 4.78 is 34.4. The number of rotatable bonds is 7. The number of ether oxygens (including phenoxy) is 1. The number of benzene rings is 1. The molecule has 2 aliphatic rings. The SMILES string of the molecule is CC(C)(C)S(=O)(=O)NC(=O)c1cc(OCC2CCOOC2)c2c(C3CCC3)nn(-c3ccccc3)c2n1. The van der Waals surface area contributed by atoms with Crippen LogP contribution in [0.3, 0.4) is 0 Å². The third kappa shape index (κ3) is 5.21. The number of carbonyl (C=O) groups is 1. The Labute approximate surface area is 216 Å². The largest absolute Gasteiger partial charge is 0.492 e. The van der Waals surface area contributed by atoms with Gasteiger partial charge in [-0.2, -0.15) is 5.10 Å². The molecular weight excluding hydrogens is 496 g/mol. The van der Waals surface area contributed by atoms with Crippen LogP contribution in [0.15, 0.2) is 36.4 Å². The van der Waals surface area contributed by atoms with Crippen molar-refractivity contribution < 1.29 is 27.7 Å². The number of pyridine rings is 1. The van der Waals surface area contributed by atoms with Crippen LogP contribution in [-0.4, -0.2) is 53.7 Å². The smallest absolute Gasteiger partial charge is 0.283 e. The minimum Gasteiger partial charge on any atom is -0.492 e. The molecule has 1 N–H and O–H groups in total. The zero-order valence-electron chi connectivity index (χ0n) is 21.3. The van der Waals surface area contributed by atoms with Crippen molar-refractivity contribution in [3.05, 3.63) is 47.8 Å². The molecule has 1 saturated heterocycles. The quantitative estimate of drug-likeness (QED) is 0.459. The van der Waals surface area contributed by atoms with E-state index in [9.17, 15) is 13.2 Å². The Bertz CT molecular complexity index is 1390. The summed E-state index contributed by atoms with van der Waals surface area (Å²) in [5.41, 5.74) is 2.06. The van der Waals surface area contributed by atoms with Crippen molar-refractivity contribution in [2.24, 2.45) is 5.92 Å². The fourth-order valence-electron chi connectivity index (χ4n) is 4.22. The zero-order chi connectivity index (χ0) is 26.2. The van der Waals surface area contributed by atoms with E-state index in [4.69, 9.17) is 19.6 Å². The van der Waals surface area contributed by atoms with Crippen LogP contribution in [-0.2, 0) is 19.8 Å². The minimum atomic E-state index is -3.94. The van der Waals surface area contributed by atoms with Crippen molar-refractivity contribution >= 4 is 27.0 Å². The third-order valence-corrected chi connectivity index (χ3v) is 8.92. The molecule has 2 aromatic heterocycles. The van der Waals surface area contributed by atoms with Gasteiger partial charge in [0.1, 0.15) is 11.4 Å². The van der Waals surface area contributed by atoms with E-state index in [0.717, 1.165) is 42.5 Å². The van der Waals surface area contributed by atoms with Crippen molar-refractivity contribution in [3.63, 3.8) is 0 Å². The second-order valence-corrected chi connectivity index (χ2v) is 13.0. The van der Waals surface area contributed by atoms with E-state index in [1.165, 1.54) is 26.8 Å². The summed E-state index contributed by atoms with van der Waals surface area (Å²) in [5, 5.41) is 5.68. The van der Waals surface area contributed by atoms with Gasteiger partial charge in [0.05, 0.1) is 41.3 Å². The van der Waals surface area contributed by atoms with E-state index in [1.807, 2.05) is 30.3 Å². The highest BCUT2D eigenvalue weighted by atomic mass is 32.2. The number of hydrogen-bond donors (Lipinski definition) is 1. The second kappa shape index (κ2) is 10.0. The fourth-order valence-corrected chi connectivity index (χ4v) is 4.88. The summed E-state index contributed by atoms with van der Waals surface area (Å²) in [7, 11) is -3.94. The Morgan fingerprint density at radius 3 is 2.54 bits per heavy atom. The van der Waals surface area contributed by atoms with Crippen molar-refractivity contribution in [3.8, 4) is 11.4 Å². The highest BCUT2D eigenvalue weighted by Gasteiger charge is 2.33. The van der Waals surface area contributed by atoms with E-state index in [-0.39, 0.29) is 17.5 Å². The molecule has 0 radical (unpaired) electrons. The van der Waals surface area contributed by atoms with Gasteiger partial charge in [0.2, 0.25) is 10.0 Å². The molecule has 3 aromatic rings. The molecule has 0 spiro atoms. The lowest BCUT2D eigenvalue weighted by molar-refractivity contribution is -0.325. The lowest BCUT2D eigenvalue weighted by atomic mass is 9.82. The van der Waals surface area contributed by atoms with Crippen molar-refractivity contribution in [2.45, 2.75) is 57.1 Å². The maximum atomic E-state index is 13.2. The van der Waals surface area contributed by atoms with Gasteiger partial charge in [-0.15, -0.1) is 0 Å². The van der Waals surface area contributed by atoms with Gasteiger partial charge < -0.3 is 4.74 Å². The van der Waals surface area contributed by atoms with Gasteiger partial charge in [-0.25, -0.2) is 32.6 Å². The standard InChI is InChI=1S/C26H32N4O6S/c1-26(2,3)37(32,33)29-25(31)20-14-21(34-15-17-12-13-35-36-16-17)22-23(18-8-7-9-18)28-30(24(22)27-20)19-10-5-4-6-11-19/h4-6,10-11,14,17-18H,7-9,12-13,15-16H2,1-3H3,(H,29,31). The maximum absolute atomic E-state index is 13.2. The average Bonchev–Trinajstić information content (AvgIpc) is 3.21. The molecule has 1 amide bonds. The highest BCUT2D eigenvalue weighted by Crippen LogP contribution is 2.42. The van der Waals surface area contributed by atoms with Crippen LogP contribution in [0, 0.1) is 5.92 Å². The molecule has 1 atom stereocenters. The Morgan fingerprint density at radius 2 is 1.92 bits per heavy atom. The summed E-state index contributed by atoms with van der Waals surface area (Å²) in [6.45, 7) is 5.82. The van der Waals surface area contributed by atoms with Crippen LogP contribution in [0.4, 0.5) is 0 Å². The molecule has 10 nitrogen and oxygen atoms in total. The number of aromatic nitrogens is 3. The molecule has 1 unspecified atom stereocenters. The molecule has 1 aliphatic heterocycles. The van der Waals surface area contributed by atoms with E-state index in [1.54, 1.807) is 4.68 Å². The van der Waals surface area contributed by atoms with Crippen molar-refractivity contribution in [1.82, 2.24) is 19.5 Å². The van der Waals surface area contributed by atoms with E-state index in [2.05, 4.69) is 9.71 Å². The van der Waals surface area contributed by atoms with Crippen LogP contribution in [0.25, 0.3) is 16.7 Å². The van der Waals surface area contributed by atoms with E-state index < -0.39 is 20.7 Å². The number of amides is 1. The molecule has 1 saturated carbocycles. The highest BCUT2D eigenvalue weighted by molar-refractivity contribution is 7.91. The van der Waals surface area contributed by atoms with E-state index >= 15 is 0 Å². The lowest BCUT2D eigenvalue weighted by Gasteiger charge is -2.25. The van der Waals surface area contributed by atoms with Crippen LogP contribution >= 0.6 is 0 Å². The van der Waals surface area contributed by atoms with Crippen LogP contribution < -0.4 is 9.46 Å². The van der Waals surface area contributed by atoms with Crippen LogP contribution in [0.1, 0.15) is 68.6 Å². The first-order chi connectivity index (χ1) is 17.6. The average molecular weight is 529 g/mol. The number of fused-ring (bicyclic) bond motifs is 1. The van der Waals surface area contributed by atoms with Gasteiger partial charge in [-0.1, -0.05) is 24.6 Å². The molecule has 1 aliphatic carbocycles. The number of nitrogens with zero attached hydrogens (tertiary/aromatic N) is 3. The summed E-state index contributed by atoms with van der Waals surface area (Å²) in [4.78, 5) is 27.9. The predicted molar refractivity (Wildman–Crippen MR) is 137 cm³/mol. The number of sulfonamides is 1. The van der Waals surface area contributed by atoms with Crippen molar-refractivity contribution in [2.75, 3.05) is 19.8 Å². The molecule has 0 bridgehead atoms. The van der Waals surface area contributed by atoms with Crippen molar-refractivity contribution in [1.29, 1.82) is 0 Å². The molecular formula is C26H32N4O6S. The molecule has 37 heavy (non-hydrogen) atoms. The molecule has 5 rings (SSSR count). The molecule has 1 aromatic carbocycles. The first-order valence-electron chi connectivity index (χ1n) is 12.6. The number of carbonyl (C=O) groups excluding carboxylic acids is 1. The van der Waals surface area contributed by atoms with Gasteiger partial charge in [0.15, 0.2) is 5.65 Å². The summed E-state index contributed by atoms with van der Waals surface area (Å²) in [6.07, 6.45) is 3.93.